The van der Waals surface area contributed by atoms with Crippen molar-refractivity contribution in [2.75, 3.05) is 39.2 Å². The summed E-state index contributed by atoms with van der Waals surface area (Å²) < 4.78 is 10.7. The lowest BCUT2D eigenvalue weighted by molar-refractivity contribution is 0.0692. The number of halogens is 1. The Morgan fingerprint density at radius 3 is 2.89 bits per heavy atom. The van der Waals surface area contributed by atoms with Gasteiger partial charge in [-0.05, 0) is 28.1 Å². The van der Waals surface area contributed by atoms with Crippen LogP contribution in [0.4, 0.5) is 5.69 Å². The van der Waals surface area contributed by atoms with E-state index in [-0.39, 0.29) is 5.91 Å². The summed E-state index contributed by atoms with van der Waals surface area (Å²) in [5.41, 5.74) is 6.76. The van der Waals surface area contributed by atoms with E-state index >= 15 is 0 Å². The van der Waals surface area contributed by atoms with E-state index < -0.39 is 0 Å². The quantitative estimate of drug-likeness (QED) is 0.589. The van der Waals surface area contributed by atoms with E-state index in [0.29, 0.717) is 42.1 Å². The van der Waals surface area contributed by atoms with Gasteiger partial charge in [0, 0.05) is 19.3 Å². The molecule has 6 heteroatoms. The van der Waals surface area contributed by atoms with Gasteiger partial charge in [-0.25, -0.2) is 0 Å². The SMILES string of the molecule is COCCOCCNC(=O)c1cccc(N)c1Br. The standard InChI is InChI=1S/C12H17BrN2O3/c1-17-7-8-18-6-5-15-12(16)9-3-2-4-10(14)11(9)13/h2-4H,5-8,14H2,1H3,(H,15,16). The topological polar surface area (TPSA) is 73.6 Å². The number of nitrogens with one attached hydrogen (secondary N) is 1. The summed E-state index contributed by atoms with van der Waals surface area (Å²) in [4.78, 5) is 11.8. The third-order valence-corrected chi connectivity index (χ3v) is 3.12. The van der Waals surface area contributed by atoms with Crippen LogP contribution in [0.3, 0.4) is 0 Å². The highest BCUT2D eigenvalue weighted by atomic mass is 79.9. The minimum Gasteiger partial charge on any atom is -0.398 e. The number of hydrogen-bond acceptors (Lipinski definition) is 4. The molecule has 1 amide bonds. The van der Waals surface area contributed by atoms with Gasteiger partial charge in [-0.1, -0.05) is 6.07 Å². The zero-order chi connectivity index (χ0) is 13.4. The van der Waals surface area contributed by atoms with Gasteiger partial charge in [0.15, 0.2) is 0 Å². The van der Waals surface area contributed by atoms with E-state index in [4.69, 9.17) is 15.2 Å². The molecule has 0 radical (unpaired) electrons. The second-order valence-electron chi connectivity index (χ2n) is 3.57. The zero-order valence-electron chi connectivity index (χ0n) is 10.2. The molecule has 3 N–H and O–H groups in total. The summed E-state index contributed by atoms with van der Waals surface area (Å²) in [5.74, 6) is -0.176. The van der Waals surface area contributed by atoms with Crippen LogP contribution < -0.4 is 11.1 Å². The van der Waals surface area contributed by atoms with Crippen LogP contribution in [0.5, 0.6) is 0 Å². The van der Waals surface area contributed by atoms with Crippen LogP contribution in [-0.2, 0) is 9.47 Å². The van der Waals surface area contributed by atoms with Crippen LogP contribution in [-0.4, -0.2) is 39.4 Å². The van der Waals surface area contributed by atoms with Gasteiger partial charge in [0.2, 0.25) is 0 Å². The minimum atomic E-state index is -0.176. The van der Waals surface area contributed by atoms with E-state index in [2.05, 4.69) is 21.2 Å². The van der Waals surface area contributed by atoms with Crippen molar-refractivity contribution in [2.45, 2.75) is 0 Å². The molecule has 0 heterocycles. The smallest absolute Gasteiger partial charge is 0.252 e. The Kier molecular flexibility index (Phi) is 6.70. The molecule has 0 aromatic heterocycles. The number of hydrogen-bond donors (Lipinski definition) is 2. The van der Waals surface area contributed by atoms with E-state index in [1.165, 1.54) is 0 Å². The number of methoxy groups -OCH3 is 1. The number of anilines is 1. The molecule has 0 saturated heterocycles. The van der Waals surface area contributed by atoms with Crippen LogP contribution in [0.1, 0.15) is 10.4 Å². The number of carbonyl (C=O) groups excluding carboxylic acids is 1. The molecule has 1 rings (SSSR count). The van der Waals surface area contributed by atoms with Crippen molar-refractivity contribution in [3.8, 4) is 0 Å². The molecule has 1 aromatic carbocycles. The maximum absolute atomic E-state index is 11.8. The second kappa shape index (κ2) is 8.07. The largest absolute Gasteiger partial charge is 0.398 e. The lowest BCUT2D eigenvalue weighted by Crippen LogP contribution is -2.28. The van der Waals surface area contributed by atoms with Crippen molar-refractivity contribution in [1.82, 2.24) is 5.32 Å². The highest BCUT2D eigenvalue weighted by Gasteiger charge is 2.10. The number of amides is 1. The first-order chi connectivity index (χ1) is 8.66. The van der Waals surface area contributed by atoms with Crippen LogP contribution in [0.25, 0.3) is 0 Å². The van der Waals surface area contributed by atoms with Crippen LogP contribution in [0.15, 0.2) is 22.7 Å². The number of carbonyl (C=O) groups is 1. The number of ether oxygens (including phenoxy) is 2. The van der Waals surface area contributed by atoms with Crippen LogP contribution >= 0.6 is 15.9 Å². The Hall–Kier alpha value is -1.11. The Morgan fingerprint density at radius 2 is 2.17 bits per heavy atom. The van der Waals surface area contributed by atoms with Crippen molar-refractivity contribution >= 4 is 27.5 Å². The lowest BCUT2D eigenvalue weighted by Gasteiger charge is -2.08. The monoisotopic (exact) mass is 316 g/mol. The van der Waals surface area contributed by atoms with E-state index in [0.717, 1.165) is 0 Å². The number of rotatable bonds is 7. The molecule has 100 valence electrons. The Labute approximate surface area is 115 Å². The third kappa shape index (κ3) is 4.64. The predicted molar refractivity (Wildman–Crippen MR) is 73.6 cm³/mol. The summed E-state index contributed by atoms with van der Waals surface area (Å²) in [5, 5.41) is 2.75. The summed E-state index contributed by atoms with van der Waals surface area (Å²) in [7, 11) is 1.61. The first-order valence-electron chi connectivity index (χ1n) is 5.55. The summed E-state index contributed by atoms with van der Waals surface area (Å²) in [6.45, 7) is 1.97. The highest BCUT2D eigenvalue weighted by Crippen LogP contribution is 2.23. The van der Waals surface area contributed by atoms with Crippen molar-refractivity contribution in [3.63, 3.8) is 0 Å². The fraction of sp³-hybridized carbons (Fsp3) is 0.417. The van der Waals surface area contributed by atoms with Gasteiger partial charge in [0.1, 0.15) is 0 Å². The molecule has 0 spiro atoms. The molecule has 18 heavy (non-hydrogen) atoms. The van der Waals surface area contributed by atoms with Gasteiger partial charge in [0.25, 0.3) is 5.91 Å². The zero-order valence-corrected chi connectivity index (χ0v) is 11.8. The third-order valence-electron chi connectivity index (χ3n) is 2.24. The average Bonchev–Trinajstić information content (AvgIpc) is 2.36. The van der Waals surface area contributed by atoms with E-state index in [1.807, 2.05) is 0 Å². The average molecular weight is 317 g/mol. The second-order valence-corrected chi connectivity index (χ2v) is 4.36. The van der Waals surface area contributed by atoms with Gasteiger partial charge in [-0.3, -0.25) is 4.79 Å². The van der Waals surface area contributed by atoms with Crippen LogP contribution in [0.2, 0.25) is 0 Å². The number of benzene rings is 1. The van der Waals surface area contributed by atoms with Gasteiger partial charge < -0.3 is 20.5 Å². The maximum atomic E-state index is 11.8. The normalized spacial score (nSPS) is 10.3. The molecule has 5 nitrogen and oxygen atoms in total. The summed E-state index contributed by atoms with van der Waals surface area (Å²) in [6.07, 6.45) is 0. The van der Waals surface area contributed by atoms with E-state index in [1.54, 1.807) is 25.3 Å². The molecule has 0 atom stereocenters. The summed E-state index contributed by atoms with van der Waals surface area (Å²) >= 11 is 3.29. The van der Waals surface area contributed by atoms with Gasteiger partial charge in [0.05, 0.1) is 29.9 Å². The van der Waals surface area contributed by atoms with Gasteiger partial charge >= 0.3 is 0 Å². The molecule has 0 saturated carbocycles. The van der Waals surface area contributed by atoms with Crippen molar-refractivity contribution in [1.29, 1.82) is 0 Å². The molecule has 0 bridgehead atoms. The molecule has 0 aliphatic carbocycles. The molecule has 0 fully saturated rings. The molecule has 0 aliphatic heterocycles. The summed E-state index contributed by atoms with van der Waals surface area (Å²) in [6, 6.07) is 5.18. The molecular formula is C12H17BrN2O3. The lowest BCUT2D eigenvalue weighted by atomic mass is 10.2. The van der Waals surface area contributed by atoms with Crippen molar-refractivity contribution < 1.29 is 14.3 Å². The minimum absolute atomic E-state index is 0.176. The number of nitrogens with two attached hydrogens (primary N) is 1. The van der Waals surface area contributed by atoms with Gasteiger partial charge in [-0.2, -0.15) is 0 Å². The van der Waals surface area contributed by atoms with Crippen molar-refractivity contribution in [2.24, 2.45) is 0 Å². The fourth-order valence-electron chi connectivity index (χ4n) is 1.30. The Balaban J connectivity index is 2.35. The van der Waals surface area contributed by atoms with Crippen LogP contribution in [0, 0.1) is 0 Å². The Bertz CT molecular complexity index is 399. The molecule has 0 aliphatic rings. The first kappa shape index (κ1) is 14.9. The van der Waals surface area contributed by atoms with Crippen molar-refractivity contribution in [3.05, 3.63) is 28.2 Å². The maximum Gasteiger partial charge on any atom is 0.252 e. The number of nitrogen functional groups attached to an aromatic ring is 1. The molecule has 1 aromatic rings. The predicted octanol–water partition coefficient (Wildman–Crippen LogP) is 1.42. The highest BCUT2D eigenvalue weighted by molar-refractivity contribution is 9.10. The Morgan fingerprint density at radius 1 is 1.39 bits per heavy atom. The first-order valence-corrected chi connectivity index (χ1v) is 6.35. The molecule has 0 unspecified atom stereocenters. The molecular weight excluding hydrogens is 300 g/mol. The van der Waals surface area contributed by atoms with E-state index in [9.17, 15) is 4.79 Å². The fourth-order valence-corrected chi connectivity index (χ4v) is 1.75. The van der Waals surface area contributed by atoms with Gasteiger partial charge in [-0.15, -0.1) is 0 Å².